The lowest BCUT2D eigenvalue weighted by Crippen LogP contribution is -2.42. The zero-order valence-electron chi connectivity index (χ0n) is 13.1. The van der Waals surface area contributed by atoms with Gasteiger partial charge in [-0.3, -0.25) is 14.4 Å². The van der Waals surface area contributed by atoms with Crippen LogP contribution in [0.4, 0.5) is 0 Å². The van der Waals surface area contributed by atoms with Crippen molar-refractivity contribution >= 4 is 22.6 Å². The highest BCUT2D eigenvalue weighted by atomic mass is 16.2. The number of aromatic nitrogens is 2. The number of fused-ring (bicyclic) bond motifs is 1. The van der Waals surface area contributed by atoms with E-state index in [2.05, 4.69) is 5.10 Å². The first-order valence-electron chi connectivity index (χ1n) is 7.54. The van der Waals surface area contributed by atoms with E-state index in [1.807, 2.05) is 13.0 Å². The van der Waals surface area contributed by atoms with E-state index in [1.165, 1.54) is 4.90 Å². The van der Waals surface area contributed by atoms with Crippen molar-refractivity contribution < 1.29 is 9.59 Å². The third-order valence-corrected chi connectivity index (χ3v) is 3.53. The van der Waals surface area contributed by atoms with E-state index in [0.29, 0.717) is 11.9 Å². The molecule has 1 aromatic heterocycles. The third kappa shape index (κ3) is 4.15. The molecule has 0 aliphatic carbocycles. The molecule has 0 saturated carbocycles. The molecular formula is C16H20N4O3. The fraction of sp³-hybridized carbons (Fsp3) is 0.375. The van der Waals surface area contributed by atoms with Crippen molar-refractivity contribution in [3.8, 4) is 0 Å². The number of carbonyl (C=O) groups is 2. The van der Waals surface area contributed by atoms with Gasteiger partial charge >= 0.3 is 0 Å². The molecule has 122 valence electrons. The summed E-state index contributed by atoms with van der Waals surface area (Å²) in [6, 6.07) is 7.06. The van der Waals surface area contributed by atoms with Crippen LogP contribution < -0.4 is 11.3 Å². The Hall–Kier alpha value is -2.70. The van der Waals surface area contributed by atoms with Gasteiger partial charge < -0.3 is 10.6 Å². The van der Waals surface area contributed by atoms with Crippen molar-refractivity contribution in [2.24, 2.45) is 5.73 Å². The first-order chi connectivity index (χ1) is 11.0. The molecule has 23 heavy (non-hydrogen) atoms. The molecule has 2 rings (SSSR count). The molecular weight excluding hydrogens is 296 g/mol. The molecule has 0 fully saturated rings. The Kier molecular flexibility index (Phi) is 5.46. The number of hydrogen-bond donors (Lipinski definition) is 1. The van der Waals surface area contributed by atoms with Crippen LogP contribution in [0.25, 0.3) is 10.8 Å². The van der Waals surface area contributed by atoms with E-state index in [4.69, 9.17) is 5.73 Å². The molecule has 2 aromatic rings. The second kappa shape index (κ2) is 7.53. The first-order valence-corrected chi connectivity index (χ1v) is 7.54. The largest absolute Gasteiger partial charge is 0.368 e. The Balaban J connectivity index is 2.22. The SMILES string of the molecule is CCCCN(CC(N)=O)C(=O)Cn1ncc2ccccc2c1=O. The van der Waals surface area contributed by atoms with Gasteiger partial charge in [-0.2, -0.15) is 5.10 Å². The van der Waals surface area contributed by atoms with Crippen molar-refractivity contribution in [3.63, 3.8) is 0 Å². The van der Waals surface area contributed by atoms with E-state index in [0.717, 1.165) is 22.9 Å². The highest BCUT2D eigenvalue weighted by Crippen LogP contribution is 2.06. The smallest absolute Gasteiger partial charge is 0.275 e. The molecule has 2 N–H and O–H groups in total. The fourth-order valence-electron chi connectivity index (χ4n) is 2.30. The average Bonchev–Trinajstić information content (AvgIpc) is 2.54. The van der Waals surface area contributed by atoms with Crippen LogP contribution in [-0.4, -0.2) is 39.6 Å². The summed E-state index contributed by atoms with van der Waals surface area (Å²) in [4.78, 5) is 37.2. The van der Waals surface area contributed by atoms with Gasteiger partial charge in [-0.25, -0.2) is 4.68 Å². The zero-order valence-corrected chi connectivity index (χ0v) is 13.1. The van der Waals surface area contributed by atoms with Gasteiger partial charge in [0.1, 0.15) is 6.54 Å². The molecule has 0 atom stereocenters. The van der Waals surface area contributed by atoms with Crippen LogP contribution in [0.5, 0.6) is 0 Å². The van der Waals surface area contributed by atoms with Crippen LogP contribution >= 0.6 is 0 Å². The van der Waals surface area contributed by atoms with Gasteiger partial charge in [-0.1, -0.05) is 31.5 Å². The monoisotopic (exact) mass is 316 g/mol. The summed E-state index contributed by atoms with van der Waals surface area (Å²) in [5.74, 6) is -0.921. The van der Waals surface area contributed by atoms with Gasteiger partial charge in [0.15, 0.2) is 0 Å². The van der Waals surface area contributed by atoms with Crippen molar-refractivity contribution in [1.82, 2.24) is 14.7 Å². The Bertz CT molecular complexity index is 769. The highest BCUT2D eigenvalue weighted by Gasteiger charge is 2.17. The van der Waals surface area contributed by atoms with Crippen LogP contribution in [0.2, 0.25) is 0 Å². The van der Waals surface area contributed by atoms with E-state index < -0.39 is 5.91 Å². The summed E-state index contributed by atoms with van der Waals surface area (Å²) in [7, 11) is 0. The summed E-state index contributed by atoms with van der Waals surface area (Å²) in [5, 5.41) is 5.26. The summed E-state index contributed by atoms with van der Waals surface area (Å²) in [6.45, 7) is 2.06. The standard InChI is InChI=1S/C16H20N4O3/c1-2-3-8-19(10-14(17)21)15(22)11-20-16(23)13-7-5-4-6-12(13)9-18-20/h4-7,9H,2-3,8,10-11H2,1H3,(H2,17,21). The molecule has 0 aliphatic rings. The summed E-state index contributed by atoms with van der Waals surface area (Å²) >= 11 is 0. The second-order valence-electron chi connectivity index (χ2n) is 5.33. The molecule has 0 saturated heterocycles. The van der Waals surface area contributed by atoms with Crippen LogP contribution in [0.1, 0.15) is 19.8 Å². The summed E-state index contributed by atoms with van der Waals surface area (Å²) in [6.07, 6.45) is 3.20. The van der Waals surface area contributed by atoms with Gasteiger partial charge in [0.2, 0.25) is 11.8 Å². The minimum atomic E-state index is -0.576. The Labute approximate surface area is 133 Å². The van der Waals surface area contributed by atoms with Crippen molar-refractivity contribution in [3.05, 3.63) is 40.8 Å². The van der Waals surface area contributed by atoms with Crippen LogP contribution in [0.15, 0.2) is 35.3 Å². The lowest BCUT2D eigenvalue weighted by Gasteiger charge is -2.21. The molecule has 0 unspecified atom stereocenters. The van der Waals surface area contributed by atoms with E-state index in [9.17, 15) is 14.4 Å². The maximum absolute atomic E-state index is 12.4. The normalized spacial score (nSPS) is 10.7. The van der Waals surface area contributed by atoms with Crippen LogP contribution in [-0.2, 0) is 16.1 Å². The molecule has 0 aliphatic heterocycles. The predicted octanol–water partition coefficient (Wildman–Crippen LogP) is 0.511. The molecule has 0 spiro atoms. The number of nitrogens with zero attached hydrogens (tertiary/aromatic N) is 3. The van der Waals surface area contributed by atoms with Crippen LogP contribution in [0, 0.1) is 0 Å². The maximum Gasteiger partial charge on any atom is 0.275 e. The van der Waals surface area contributed by atoms with Crippen molar-refractivity contribution in [1.29, 1.82) is 0 Å². The quantitative estimate of drug-likeness (QED) is 0.804. The Morgan fingerprint density at radius 1 is 1.30 bits per heavy atom. The van der Waals surface area contributed by atoms with Gasteiger partial charge in [0.05, 0.1) is 18.1 Å². The molecule has 1 heterocycles. The molecule has 7 heteroatoms. The van der Waals surface area contributed by atoms with Crippen LogP contribution in [0.3, 0.4) is 0 Å². The lowest BCUT2D eigenvalue weighted by atomic mass is 10.2. The van der Waals surface area contributed by atoms with Gasteiger partial charge in [0.25, 0.3) is 5.56 Å². The van der Waals surface area contributed by atoms with Crippen molar-refractivity contribution in [2.75, 3.05) is 13.1 Å². The van der Waals surface area contributed by atoms with Gasteiger partial charge in [-0.15, -0.1) is 0 Å². The first kappa shape index (κ1) is 16.7. The number of rotatable bonds is 7. The predicted molar refractivity (Wildman–Crippen MR) is 86.7 cm³/mol. The number of benzene rings is 1. The molecule has 1 aromatic carbocycles. The van der Waals surface area contributed by atoms with Gasteiger partial charge in [-0.05, 0) is 12.5 Å². The highest BCUT2D eigenvalue weighted by molar-refractivity contribution is 5.84. The number of primary amides is 1. The third-order valence-electron chi connectivity index (χ3n) is 3.53. The minimum absolute atomic E-state index is 0.152. The molecule has 2 amide bonds. The number of carbonyl (C=O) groups excluding carboxylic acids is 2. The molecule has 7 nitrogen and oxygen atoms in total. The number of unbranched alkanes of at least 4 members (excludes halogenated alkanes) is 1. The number of nitrogens with two attached hydrogens (primary N) is 1. The lowest BCUT2D eigenvalue weighted by molar-refractivity contribution is -0.136. The molecule has 0 bridgehead atoms. The average molecular weight is 316 g/mol. The van der Waals surface area contributed by atoms with Crippen molar-refractivity contribution in [2.45, 2.75) is 26.3 Å². The topological polar surface area (TPSA) is 98.3 Å². The fourth-order valence-corrected chi connectivity index (χ4v) is 2.30. The van der Waals surface area contributed by atoms with E-state index in [1.54, 1.807) is 24.4 Å². The van der Waals surface area contributed by atoms with E-state index >= 15 is 0 Å². The second-order valence-corrected chi connectivity index (χ2v) is 5.33. The Morgan fingerprint density at radius 3 is 2.74 bits per heavy atom. The minimum Gasteiger partial charge on any atom is -0.368 e. The zero-order chi connectivity index (χ0) is 16.8. The molecule has 0 radical (unpaired) electrons. The van der Waals surface area contributed by atoms with E-state index in [-0.39, 0.29) is 24.6 Å². The number of hydrogen-bond acceptors (Lipinski definition) is 4. The summed E-state index contributed by atoms with van der Waals surface area (Å²) < 4.78 is 1.12. The van der Waals surface area contributed by atoms with Gasteiger partial charge in [0, 0.05) is 11.9 Å². The maximum atomic E-state index is 12.4. The Morgan fingerprint density at radius 2 is 2.04 bits per heavy atom. The number of amides is 2. The summed E-state index contributed by atoms with van der Waals surface area (Å²) in [5.41, 5.74) is 4.86.